The number of methoxy groups -OCH3 is 1. The molecule has 0 bridgehead atoms. The van der Waals surface area contributed by atoms with Crippen LogP contribution in [0.4, 0.5) is 11.4 Å². The van der Waals surface area contributed by atoms with Gasteiger partial charge in [-0.2, -0.15) is 0 Å². The van der Waals surface area contributed by atoms with Gasteiger partial charge in [0.1, 0.15) is 16.9 Å². The Bertz CT molecular complexity index is 1460. The Labute approximate surface area is 212 Å². The molecule has 1 N–H and O–H groups in total. The van der Waals surface area contributed by atoms with Crippen LogP contribution in [0.25, 0.3) is 5.00 Å². The van der Waals surface area contributed by atoms with Crippen molar-refractivity contribution >= 4 is 46.0 Å². The van der Waals surface area contributed by atoms with E-state index in [1.165, 1.54) is 12.0 Å². The van der Waals surface area contributed by atoms with Gasteiger partial charge in [-0.25, -0.2) is 0 Å². The third-order valence-electron chi connectivity index (χ3n) is 6.10. The number of carbonyl (C=O) groups excluding carboxylic acids is 1. The molecule has 0 unspecified atom stereocenters. The molecule has 0 saturated heterocycles. The predicted molar refractivity (Wildman–Crippen MR) is 140 cm³/mol. The highest BCUT2D eigenvalue weighted by atomic mass is 35.5. The third-order valence-corrected chi connectivity index (χ3v) is 7.53. The van der Waals surface area contributed by atoms with Gasteiger partial charge in [0, 0.05) is 32.4 Å². The first kappa shape index (κ1) is 23.3. The number of benzene rings is 2. The van der Waals surface area contributed by atoms with Crippen molar-refractivity contribution in [1.82, 2.24) is 14.8 Å². The molecule has 1 aliphatic heterocycles. The Hall–Kier alpha value is -3.49. The van der Waals surface area contributed by atoms with E-state index in [1.807, 2.05) is 60.0 Å². The number of nitrogens with one attached hydrogen (secondary N) is 1. The van der Waals surface area contributed by atoms with Gasteiger partial charge < -0.3 is 10.1 Å². The van der Waals surface area contributed by atoms with Gasteiger partial charge in [0.2, 0.25) is 0 Å². The van der Waals surface area contributed by atoms with Gasteiger partial charge in [-0.1, -0.05) is 29.8 Å². The second kappa shape index (κ2) is 9.28. The van der Waals surface area contributed by atoms with Crippen molar-refractivity contribution in [1.29, 1.82) is 0 Å². The minimum atomic E-state index is -0.512. The first-order valence-electron chi connectivity index (χ1n) is 11.2. The van der Waals surface area contributed by atoms with E-state index in [0.717, 1.165) is 44.6 Å². The number of ether oxygens (including phenoxy) is 1. The fraction of sp³-hybridized carbons (Fsp3) is 0.231. The molecule has 0 amide bonds. The Morgan fingerprint density at radius 2 is 1.89 bits per heavy atom. The number of hydrogen-bond donors (Lipinski definition) is 1. The van der Waals surface area contributed by atoms with Gasteiger partial charge in [0.15, 0.2) is 5.82 Å². The summed E-state index contributed by atoms with van der Waals surface area (Å²) in [5, 5.41) is 13.8. The number of halogens is 1. The van der Waals surface area contributed by atoms with Crippen LogP contribution in [0, 0.1) is 20.8 Å². The van der Waals surface area contributed by atoms with Gasteiger partial charge >= 0.3 is 5.97 Å². The summed E-state index contributed by atoms with van der Waals surface area (Å²) in [4.78, 5) is 18.6. The predicted octanol–water partition coefficient (Wildman–Crippen LogP) is 6.11. The lowest BCUT2D eigenvalue weighted by Crippen LogP contribution is -2.12. The Balaban J connectivity index is 1.60. The lowest BCUT2D eigenvalue weighted by molar-refractivity contribution is -0.141. The number of fused-ring (bicyclic) bond motifs is 3. The van der Waals surface area contributed by atoms with Crippen molar-refractivity contribution in [2.75, 3.05) is 12.4 Å². The van der Waals surface area contributed by atoms with E-state index in [9.17, 15) is 4.79 Å². The van der Waals surface area contributed by atoms with Crippen molar-refractivity contribution in [3.63, 3.8) is 0 Å². The number of aliphatic imine (C=N–C) groups is 1. The molecule has 0 saturated carbocycles. The number of rotatable bonds is 5. The van der Waals surface area contributed by atoms with E-state index in [1.54, 1.807) is 11.3 Å². The van der Waals surface area contributed by atoms with Gasteiger partial charge in [-0.05, 0) is 56.7 Å². The largest absolute Gasteiger partial charge is 0.469 e. The summed E-state index contributed by atoms with van der Waals surface area (Å²) < 4.78 is 6.98. The van der Waals surface area contributed by atoms with Crippen LogP contribution in [0.15, 0.2) is 53.5 Å². The molecule has 9 heteroatoms. The maximum Gasteiger partial charge on any atom is 0.308 e. The van der Waals surface area contributed by atoms with Crippen LogP contribution < -0.4 is 5.32 Å². The van der Waals surface area contributed by atoms with Crippen molar-refractivity contribution in [3.8, 4) is 5.00 Å². The summed E-state index contributed by atoms with van der Waals surface area (Å²) in [6.45, 7) is 6.13. The van der Waals surface area contributed by atoms with Crippen molar-refractivity contribution < 1.29 is 9.53 Å². The summed E-state index contributed by atoms with van der Waals surface area (Å²) in [6, 6.07) is 15.2. The standard InChI is InChI=1S/C26H24ClN5O2S/c1-14-15(2)35-26-23(14)24(29-21(13-22(33)34-4)25-31-30-16(3)32(25)26)17-8-10-19(11-9-17)28-20-7-5-6-18(27)12-20/h5-12,21,28H,13H2,1-4H3/t21-/m0/s1. The average molecular weight is 506 g/mol. The van der Waals surface area contributed by atoms with Crippen molar-refractivity contribution in [3.05, 3.63) is 86.8 Å². The molecule has 2 aromatic heterocycles. The topological polar surface area (TPSA) is 81.4 Å². The van der Waals surface area contributed by atoms with E-state index in [0.29, 0.717) is 10.8 Å². The molecule has 0 aliphatic carbocycles. The van der Waals surface area contributed by atoms with Crippen molar-refractivity contribution in [2.24, 2.45) is 4.99 Å². The maximum atomic E-state index is 12.3. The number of anilines is 2. The Kier molecular flexibility index (Phi) is 6.17. The summed E-state index contributed by atoms with van der Waals surface area (Å²) in [7, 11) is 1.38. The monoisotopic (exact) mass is 505 g/mol. The van der Waals surface area contributed by atoms with Crippen LogP contribution in [0.2, 0.25) is 5.02 Å². The quantitative estimate of drug-likeness (QED) is 0.331. The number of aryl methyl sites for hydroxylation is 2. The Morgan fingerprint density at radius 1 is 1.11 bits per heavy atom. The first-order valence-corrected chi connectivity index (χ1v) is 12.4. The number of nitrogens with zero attached hydrogens (tertiary/aromatic N) is 4. The highest BCUT2D eigenvalue weighted by molar-refractivity contribution is 7.15. The highest BCUT2D eigenvalue weighted by Gasteiger charge is 2.32. The Morgan fingerprint density at radius 3 is 2.60 bits per heavy atom. The summed E-state index contributed by atoms with van der Waals surface area (Å²) in [5.41, 5.74) is 5.82. The molecule has 7 nitrogen and oxygen atoms in total. The van der Waals surface area contributed by atoms with Crippen LogP contribution in [0.5, 0.6) is 0 Å². The molecular formula is C26H24ClN5O2S. The average Bonchev–Trinajstić information content (AvgIpc) is 3.31. The molecular weight excluding hydrogens is 482 g/mol. The molecule has 178 valence electrons. The second-order valence-electron chi connectivity index (χ2n) is 8.39. The first-order chi connectivity index (χ1) is 16.9. The molecule has 0 radical (unpaired) electrons. The normalized spacial score (nSPS) is 14.5. The number of hydrogen-bond acceptors (Lipinski definition) is 7. The minimum absolute atomic E-state index is 0.0828. The van der Waals surface area contributed by atoms with E-state index in [4.69, 9.17) is 21.3 Å². The molecule has 4 aromatic rings. The van der Waals surface area contributed by atoms with Crippen LogP contribution in [0.3, 0.4) is 0 Å². The minimum Gasteiger partial charge on any atom is -0.469 e. The molecule has 5 rings (SSSR count). The third kappa shape index (κ3) is 4.35. The van der Waals surface area contributed by atoms with Crippen LogP contribution in [0.1, 0.15) is 45.7 Å². The highest BCUT2D eigenvalue weighted by Crippen LogP contribution is 2.39. The number of aromatic nitrogens is 3. The SMILES string of the molecule is COC(=O)C[C@@H]1N=C(c2ccc(Nc3cccc(Cl)c3)cc2)c2c(sc(C)c2C)-n2c(C)nnc21. The number of thiophene rings is 1. The lowest BCUT2D eigenvalue weighted by atomic mass is 9.99. The zero-order chi connectivity index (χ0) is 24.7. The zero-order valence-electron chi connectivity index (χ0n) is 19.8. The van der Waals surface area contributed by atoms with Gasteiger partial charge in [0.25, 0.3) is 0 Å². The van der Waals surface area contributed by atoms with Gasteiger partial charge in [-0.15, -0.1) is 21.5 Å². The van der Waals surface area contributed by atoms with Crippen LogP contribution in [-0.4, -0.2) is 33.6 Å². The molecule has 0 fully saturated rings. The van der Waals surface area contributed by atoms with E-state index < -0.39 is 6.04 Å². The zero-order valence-corrected chi connectivity index (χ0v) is 21.4. The molecule has 1 aliphatic rings. The summed E-state index contributed by atoms with van der Waals surface area (Å²) in [5.74, 6) is 1.06. The smallest absolute Gasteiger partial charge is 0.308 e. The molecule has 1 atom stereocenters. The van der Waals surface area contributed by atoms with Gasteiger partial charge in [-0.3, -0.25) is 14.4 Å². The van der Waals surface area contributed by atoms with E-state index in [-0.39, 0.29) is 12.4 Å². The van der Waals surface area contributed by atoms with Gasteiger partial charge in [0.05, 0.1) is 19.2 Å². The summed E-state index contributed by atoms with van der Waals surface area (Å²) in [6.07, 6.45) is 0.0828. The molecule has 3 heterocycles. The van der Waals surface area contributed by atoms with Crippen LogP contribution in [-0.2, 0) is 9.53 Å². The lowest BCUT2D eigenvalue weighted by Gasteiger charge is -2.12. The van der Waals surface area contributed by atoms with Crippen LogP contribution >= 0.6 is 22.9 Å². The maximum absolute atomic E-state index is 12.3. The number of carbonyl (C=O) groups is 1. The molecule has 2 aromatic carbocycles. The van der Waals surface area contributed by atoms with Crippen molar-refractivity contribution in [2.45, 2.75) is 33.2 Å². The van der Waals surface area contributed by atoms with E-state index >= 15 is 0 Å². The fourth-order valence-corrected chi connectivity index (χ4v) is 5.61. The molecule has 35 heavy (non-hydrogen) atoms. The summed E-state index contributed by atoms with van der Waals surface area (Å²) >= 11 is 7.80. The van der Waals surface area contributed by atoms with E-state index in [2.05, 4.69) is 29.4 Å². The fourth-order valence-electron chi connectivity index (χ4n) is 4.21. The molecule has 0 spiro atoms. The number of esters is 1. The second-order valence-corrected chi connectivity index (χ2v) is 10.0.